The van der Waals surface area contributed by atoms with Crippen molar-refractivity contribution in [2.24, 2.45) is 11.7 Å². The van der Waals surface area contributed by atoms with Crippen molar-refractivity contribution in [2.75, 3.05) is 0 Å². The van der Waals surface area contributed by atoms with Gasteiger partial charge < -0.3 is 11.1 Å². The Balaban J connectivity index is 1.89. The minimum Gasteiger partial charge on any atom is -0.352 e. The van der Waals surface area contributed by atoms with Crippen LogP contribution in [0.3, 0.4) is 0 Å². The van der Waals surface area contributed by atoms with Crippen LogP contribution >= 0.6 is 0 Å². The molecule has 1 aromatic carbocycles. The average Bonchev–Trinajstić information content (AvgIpc) is 2.48. The van der Waals surface area contributed by atoms with Gasteiger partial charge in [0.15, 0.2) is 0 Å². The first-order valence-electron chi connectivity index (χ1n) is 7.29. The van der Waals surface area contributed by atoms with E-state index in [2.05, 4.69) is 12.2 Å². The first-order valence-corrected chi connectivity index (χ1v) is 7.29. The number of amides is 1. The lowest BCUT2D eigenvalue weighted by Gasteiger charge is -2.29. The number of carbonyl (C=O) groups is 1. The molecule has 0 heterocycles. The molecular formula is C16H24N2O. The third-order valence-electron chi connectivity index (χ3n) is 4.17. The largest absolute Gasteiger partial charge is 0.352 e. The molecule has 2 rings (SSSR count). The van der Waals surface area contributed by atoms with Crippen LogP contribution in [0.5, 0.6) is 0 Å². The molecule has 3 heteroatoms. The number of benzene rings is 1. The molecule has 3 N–H and O–H groups in total. The van der Waals surface area contributed by atoms with E-state index in [-0.39, 0.29) is 11.9 Å². The van der Waals surface area contributed by atoms with Crippen LogP contribution in [0, 0.1) is 5.92 Å². The van der Waals surface area contributed by atoms with Crippen LogP contribution in [0.1, 0.15) is 50.6 Å². The maximum Gasteiger partial charge on any atom is 0.241 e. The Kier molecular flexibility index (Phi) is 4.97. The van der Waals surface area contributed by atoms with Gasteiger partial charge >= 0.3 is 0 Å². The molecule has 0 unspecified atom stereocenters. The summed E-state index contributed by atoms with van der Waals surface area (Å²) in [5.41, 5.74) is 6.88. The molecule has 104 valence electrons. The van der Waals surface area contributed by atoms with Gasteiger partial charge in [0.1, 0.15) is 6.04 Å². The van der Waals surface area contributed by atoms with Crippen LogP contribution in [0.2, 0.25) is 0 Å². The van der Waals surface area contributed by atoms with Crippen molar-refractivity contribution in [1.82, 2.24) is 5.32 Å². The zero-order valence-corrected chi connectivity index (χ0v) is 11.6. The molecular weight excluding hydrogens is 236 g/mol. The van der Waals surface area contributed by atoms with Crippen molar-refractivity contribution in [2.45, 2.75) is 51.1 Å². The van der Waals surface area contributed by atoms with Gasteiger partial charge in [0, 0.05) is 6.04 Å². The Bertz CT molecular complexity index is 398. The molecule has 0 saturated heterocycles. The number of nitrogens with one attached hydrogen (secondary N) is 1. The van der Waals surface area contributed by atoms with Crippen molar-refractivity contribution < 1.29 is 4.79 Å². The van der Waals surface area contributed by atoms with Gasteiger partial charge in [-0.25, -0.2) is 0 Å². The zero-order valence-electron chi connectivity index (χ0n) is 11.6. The third-order valence-corrected chi connectivity index (χ3v) is 4.17. The van der Waals surface area contributed by atoms with Gasteiger partial charge in [-0.15, -0.1) is 0 Å². The van der Waals surface area contributed by atoms with E-state index in [0.29, 0.717) is 5.92 Å². The molecule has 1 aromatic rings. The maximum atomic E-state index is 12.2. The molecule has 19 heavy (non-hydrogen) atoms. The van der Waals surface area contributed by atoms with E-state index in [1.165, 1.54) is 32.1 Å². The molecule has 0 spiro atoms. The van der Waals surface area contributed by atoms with Crippen LogP contribution in [0.4, 0.5) is 0 Å². The number of rotatable bonds is 4. The summed E-state index contributed by atoms with van der Waals surface area (Å²) < 4.78 is 0. The van der Waals surface area contributed by atoms with Gasteiger partial charge in [0.25, 0.3) is 0 Å². The molecule has 1 aliphatic rings. The molecule has 0 aliphatic heterocycles. The summed E-state index contributed by atoms with van der Waals surface area (Å²) in [5, 5.41) is 3.08. The lowest BCUT2D eigenvalue weighted by atomic mass is 9.84. The number of carbonyl (C=O) groups excluding carboxylic acids is 1. The average molecular weight is 260 g/mol. The summed E-state index contributed by atoms with van der Waals surface area (Å²) in [6, 6.07) is 9.21. The Morgan fingerprint density at radius 3 is 2.47 bits per heavy atom. The summed E-state index contributed by atoms with van der Waals surface area (Å²) in [6.45, 7) is 2.10. The third kappa shape index (κ3) is 3.80. The topological polar surface area (TPSA) is 55.1 Å². The lowest BCUT2D eigenvalue weighted by Crippen LogP contribution is -2.43. The van der Waals surface area contributed by atoms with E-state index in [1.807, 2.05) is 30.3 Å². The Labute approximate surface area is 115 Å². The van der Waals surface area contributed by atoms with E-state index >= 15 is 0 Å². The molecule has 2 atom stereocenters. The predicted octanol–water partition coefficient (Wildman–Crippen LogP) is 2.77. The quantitative estimate of drug-likeness (QED) is 0.874. The number of nitrogens with two attached hydrogens (primary N) is 1. The fraction of sp³-hybridized carbons (Fsp3) is 0.562. The monoisotopic (exact) mass is 260 g/mol. The molecule has 1 saturated carbocycles. The standard InChI is InChI=1S/C16H24N2O/c1-12(13-8-4-2-5-9-13)18-16(19)15(17)14-10-6-3-7-11-14/h3,6-7,10-13,15H,2,4-5,8-9,17H2,1H3,(H,18,19)/t12-,15-/m1/s1. The van der Waals surface area contributed by atoms with Gasteiger partial charge in [0.2, 0.25) is 5.91 Å². The number of hydrogen-bond donors (Lipinski definition) is 2. The van der Waals surface area contributed by atoms with Gasteiger partial charge in [-0.05, 0) is 31.2 Å². The second-order valence-corrected chi connectivity index (χ2v) is 5.58. The first kappa shape index (κ1) is 14.1. The molecule has 0 aromatic heterocycles. The highest BCUT2D eigenvalue weighted by molar-refractivity contribution is 5.83. The smallest absolute Gasteiger partial charge is 0.241 e. The molecule has 1 fully saturated rings. The highest BCUT2D eigenvalue weighted by atomic mass is 16.2. The van der Waals surface area contributed by atoms with Gasteiger partial charge in [-0.3, -0.25) is 4.79 Å². The summed E-state index contributed by atoms with van der Waals surface area (Å²) >= 11 is 0. The highest BCUT2D eigenvalue weighted by Crippen LogP contribution is 2.26. The lowest BCUT2D eigenvalue weighted by molar-refractivity contribution is -0.123. The molecule has 0 bridgehead atoms. The van der Waals surface area contributed by atoms with E-state index in [4.69, 9.17) is 5.73 Å². The maximum absolute atomic E-state index is 12.2. The van der Waals surface area contributed by atoms with E-state index in [1.54, 1.807) is 0 Å². The van der Waals surface area contributed by atoms with Gasteiger partial charge in [-0.1, -0.05) is 49.6 Å². The predicted molar refractivity (Wildman–Crippen MR) is 77.6 cm³/mol. The van der Waals surface area contributed by atoms with Crippen LogP contribution in [0.15, 0.2) is 30.3 Å². The van der Waals surface area contributed by atoms with E-state index in [0.717, 1.165) is 5.56 Å². The van der Waals surface area contributed by atoms with E-state index < -0.39 is 6.04 Å². The fourth-order valence-corrected chi connectivity index (χ4v) is 2.88. The fourth-order valence-electron chi connectivity index (χ4n) is 2.88. The normalized spacial score (nSPS) is 19.7. The van der Waals surface area contributed by atoms with Gasteiger partial charge in [-0.2, -0.15) is 0 Å². The zero-order chi connectivity index (χ0) is 13.7. The van der Waals surface area contributed by atoms with E-state index in [9.17, 15) is 4.79 Å². The molecule has 1 aliphatic carbocycles. The van der Waals surface area contributed by atoms with Crippen LogP contribution in [-0.2, 0) is 4.79 Å². The van der Waals surface area contributed by atoms with Crippen molar-refractivity contribution >= 4 is 5.91 Å². The summed E-state index contributed by atoms with van der Waals surface area (Å²) in [4.78, 5) is 12.2. The summed E-state index contributed by atoms with van der Waals surface area (Å²) in [5.74, 6) is 0.546. The molecule has 3 nitrogen and oxygen atoms in total. The Morgan fingerprint density at radius 1 is 1.21 bits per heavy atom. The second kappa shape index (κ2) is 6.71. The van der Waals surface area contributed by atoms with Crippen LogP contribution in [0.25, 0.3) is 0 Å². The van der Waals surface area contributed by atoms with Crippen molar-refractivity contribution in [3.63, 3.8) is 0 Å². The van der Waals surface area contributed by atoms with Gasteiger partial charge in [0.05, 0.1) is 0 Å². The van der Waals surface area contributed by atoms with Crippen LogP contribution in [-0.4, -0.2) is 11.9 Å². The SMILES string of the molecule is C[C@@H](NC(=O)[C@H](N)c1ccccc1)C1CCCCC1. The second-order valence-electron chi connectivity index (χ2n) is 5.58. The Morgan fingerprint density at radius 2 is 1.84 bits per heavy atom. The molecule has 1 amide bonds. The first-order chi connectivity index (χ1) is 9.18. The van der Waals surface area contributed by atoms with Crippen molar-refractivity contribution in [1.29, 1.82) is 0 Å². The minimum absolute atomic E-state index is 0.0655. The summed E-state index contributed by atoms with van der Waals surface area (Å²) in [7, 11) is 0. The van der Waals surface area contributed by atoms with Crippen LogP contribution < -0.4 is 11.1 Å². The Hall–Kier alpha value is -1.35. The summed E-state index contributed by atoms with van der Waals surface area (Å²) in [6.07, 6.45) is 6.36. The minimum atomic E-state index is -0.563. The van der Waals surface area contributed by atoms with Crippen molar-refractivity contribution in [3.05, 3.63) is 35.9 Å². The van der Waals surface area contributed by atoms with Crippen molar-refractivity contribution in [3.8, 4) is 0 Å². The molecule has 0 radical (unpaired) electrons. The highest BCUT2D eigenvalue weighted by Gasteiger charge is 2.24. The number of hydrogen-bond acceptors (Lipinski definition) is 2.